The monoisotopic (exact) mass is 468 g/mol. The molecule has 0 aliphatic carbocycles. The van der Waals surface area contributed by atoms with Crippen molar-refractivity contribution in [1.29, 1.82) is 0 Å². The highest BCUT2D eigenvalue weighted by Crippen LogP contribution is 2.20. The Morgan fingerprint density at radius 2 is 1.84 bits per heavy atom. The smallest absolute Gasteiger partial charge is 0.410 e. The van der Waals surface area contributed by atoms with Crippen LogP contribution in [-0.4, -0.2) is 66.7 Å². The van der Waals surface area contributed by atoms with Crippen LogP contribution in [-0.2, 0) is 4.74 Å². The van der Waals surface area contributed by atoms with Gasteiger partial charge in [-0.1, -0.05) is 0 Å². The predicted octanol–water partition coefficient (Wildman–Crippen LogP) is 3.56. The fourth-order valence-electron chi connectivity index (χ4n) is 2.87. The standard InChI is InChI=1S/C18H36N4O2.HI/c1-7-19-16(20-8-2)22-12-10-15(11-13-22)14-21(9-3)17(23)24-18(4,5)6;/h15H,7-14H2,1-6H3,(H,19,20);1H. The van der Waals surface area contributed by atoms with E-state index in [9.17, 15) is 4.79 Å². The van der Waals surface area contributed by atoms with Crippen LogP contribution in [0.3, 0.4) is 0 Å². The molecular formula is C18H37IN4O2. The molecule has 25 heavy (non-hydrogen) atoms. The van der Waals surface area contributed by atoms with Gasteiger partial charge >= 0.3 is 6.09 Å². The normalized spacial score (nSPS) is 16.2. The number of halogens is 1. The summed E-state index contributed by atoms with van der Waals surface area (Å²) in [6.45, 7) is 17.0. The third-order valence-electron chi connectivity index (χ3n) is 4.07. The van der Waals surface area contributed by atoms with Gasteiger partial charge in [-0.05, 0) is 60.3 Å². The van der Waals surface area contributed by atoms with Gasteiger partial charge in [0.05, 0.1) is 0 Å². The molecule has 1 fully saturated rings. The first-order chi connectivity index (χ1) is 11.3. The Kier molecular flexibility index (Phi) is 11.5. The molecule has 0 atom stereocenters. The summed E-state index contributed by atoms with van der Waals surface area (Å²) < 4.78 is 5.50. The summed E-state index contributed by atoms with van der Waals surface area (Å²) in [6, 6.07) is 0. The molecule has 1 saturated heterocycles. The first kappa shape index (κ1) is 24.3. The third-order valence-corrected chi connectivity index (χ3v) is 4.07. The molecular weight excluding hydrogens is 431 g/mol. The zero-order valence-electron chi connectivity index (χ0n) is 16.8. The van der Waals surface area contributed by atoms with Crippen LogP contribution in [0.4, 0.5) is 4.79 Å². The minimum absolute atomic E-state index is 0. The van der Waals surface area contributed by atoms with Crippen LogP contribution in [0, 0.1) is 5.92 Å². The Morgan fingerprint density at radius 1 is 1.24 bits per heavy atom. The second-order valence-electron chi connectivity index (χ2n) is 7.28. The van der Waals surface area contributed by atoms with Gasteiger partial charge in [0.1, 0.15) is 5.60 Å². The number of carbonyl (C=O) groups is 1. The maximum Gasteiger partial charge on any atom is 0.410 e. The second-order valence-corrected chi connectivity index (χ2v) is 7.28. The lowest BCUT2D eigenvalue weighted by molar-refractivity contribution is 0.0214. The van der Waals surface area contributed by atoms with Crippen molar-refractivity contribution in [1.82, 2.24) is 15.1 Å². The van der Waals surface area contributed by atoms with Crippen molar-refractivity contribution in [3.8, 4) is 0 Å². The van der Waals surface area contributed by atoms with E-state index in [-0.39, 0.29) is 30.1 Å². The van der Waals surface area contributed by atoms with Crippen molar-refractivity contribution in [2.75, 3.05) is 39.3 Å². The lowest BCUT2D eigenvalue weighted by Gasteiger charge is -2.36. The molecule has 0 bridgehead atoms. The first-order valence-electron chi connectivity index (χ1n) is 9.31. The van der Waals surface area contributed by atoms with Crippen molar-refractivity contribution in [2.24, 2.45) is 10.9 Å². The fourth-order valence-corrected chi connectivity index (χ4v) is 2.87. The van der Waals surface area contributed by atoms with Gasteiger partial charge in [-0.25, -0.2) is 4.79 Å². The molecule has 1 aliphatic rings. The number of carbonyl (C=O) groups excluding carboxylic acids is 1. The molecule has 0 aromatic carbocycles. The minimum atomic E-state index is -0.439. The molecule has 0 aromatic heterocycles. The van der Waals surface area contributed by atoms with Gasteiger partial charge in [0.25, 0.3) is 0 Å². The minimum Gasteiger partial charge on any atom is -0.444 e. The summed E-state index contributed by atoms with van der Waals surface area (Å²) in [6.07, 6.45) is 1.95. The van der Waals surface area contributed by atoms with Crippen molar-refractivity contribution >= 4 is 36.0 Å². The molecule has 1 N–H and O–H groups in total. The summed E-state index contributed by atoms with van der Waals surface area (Å²) in [5.41, 5.74) is -0.439. The van der Waals surface area contributed by atoms with E-state index in [2.05, 4.69) is 29.1 Å². The number of nitrogens with one attached hydrogen (secondary N) is 1. The Hall–Kier alpha value is -0.730. The van der Waals surface area contributed by atoms with Gasteiger partial charge in [-0.2, -0.15) is 0 Å². The number of amides is 1. The number of hydrogen-bond acceptors (Lipinski definition) is 3. The molecule has 1 aliphatic heterocycles. The highest BCUT2D eigenvalue weighted by molar-refractivity contribution is 14.0. The number of guanidine groups is 1. The lowest BCUT2D eigenvalue weighted by atomic mass is 9.96. The van der Waals surface area contributed by atoms with E-state index in [4.69, 9.17) is 4.74 Å². The molecule has 0 aromatic rings. The molecule has 0 saturated carbocycles. The van der Waals surface area contributed by atoms with Gasteiger partial charge in [0.15, 0.2) is 5.96 Å². The van der Waals surface area contributed by atoms with E-state index in [1.165, 1.54) is 0 Å². The highest BCUT2D eigenvalue weighted by Gasteiger charge is 2.26. The average molecular weight is 468 g/mol. The molecule has 148 valence electrons. The van der Waals surface area contributed by atoms with Crippen LogP contribution in [0.5, 0.6) is 0 Å². The van der Waals surface area contributed by atoms with Crippen molar-refractivity contribution < 1.29 is 9.53 Å². The van der Waals surface area contributed by atoms with E-state index < -0.39 is 5.60 Å². The van der Waals surface area contributed by atoms with Gasteiger partial charge in [-0.3, -0.25) is 4.99 Å². The molecule has 7 heteroatoms. The van der Waals surface area contributed by atoms with E-state index in [1.54, 1.807) is 0 Å². The Bertz CT molecular complexity index is 416. The molecule has 0 radical (unpaired) electrons. The lowest BCUT2D eigenvalue weighted by Crippen LogP contribution is -2.47. The third kappa shape index (κ3) is 8.96. The van der Waals surface area contributed by atoms with Gasteiger partial charge in [0.2, 0.25) is 0 Å². The number of ether oxygens (including phenoxy) is 1. The number of likely N-dealkylation sites (tertiary alicyclic amines) is 1. The van der Waals surface area contributed by atoms with Crippen LogP contribution in [0.15, 0.2) is 4.99 Å². The maximum atomic E-state index is 12.3. The Labute approximate surface area is 170 Å². The highest BCUT2D eigenvalue weighted by atomic mass is 127. The SMILES string of the molecule is CCN=C(NCC)N1CCC(CN(CC)C(=O)OC(C)(C)C)CC1.I. The fraction of sp³-hybridized carbons (Fsp3) is 0.889. The number of rotatable bonds is 5. The summed E-state index contributed by atoms with van der Waals surface area (Å²) in [4.78, 5) is 21.0. The van der Waals surface area contributed by atoms with Gasteiger partial charge < -0.3 is 19.9 Å². The summed E-state index contributed by atoms with van der Waals surface area (Å²) in [7, 11) is 0. The zero-order chi connectivity index (χ0) is 18.2. The molecule has 0 unspecified atom stereocenters. The van der Waals surface area contributed by atoms with Crippen LogP contribution >= 0.6 is 24.0 Å². The Balaban J connectivity index is 0.00000576. The van der Waals surface area contributed by atoms with Crippen LogP contribution < -0.4 is 5.32 Å². The number of aliphatic imine (C=N–C) groups is 1. The van der Waals surface area contributed by atoms with Crippen molar-refractivity contribution in [3.63, 3.8) is 0 Å². The number of nitrogens with zero attached hydrogens (tertiary/aromatic N) is 3. The molecule has 1 rings (SSSR count). The quantitative estimate of drug-likeness (QED) is 0.381. The van der Waals surface area contributed by atoms with E-state index >= 15 is 0 Å². The summed E-state index contributed by atoms with van der Waals surface area (Å²) >= 11 is 0. The number of piperidine rings is 1. The molecule has 1 amide bonds. The van der Waals surface area contributed by atoms with E-state index in [0.29, 0.717) is 12.5 Å². The maximum absolute atomic E-state index is 12.3. The predicted molar refractivity (Wildman–Crippen MR) is 115 cm³/mol. The summed E-state index contributed by atoms with van der Waals surface area (Å²) in [5, 5.41) is 3.36. The van der Waals surface area contributed by atoms with Crippen LogP contribution in [0.1, 0.15) is 54.4 Å². The number of hydrogen-bond donors (Lipinski definition) is 1. The summed E-state index contributed by atoms with van der Waals surface area (Å²) in [5.74, 6) is 1.54. The zero-order valence-corrected chi connectivity index (χ0v) is 19.1. The largest absolute Gasteiger partial charge is 0.444 e. The topological polar surface area (TPSA) is 57.2 Å². The van der Waals surface area contributed by atoms with Crippen LogP contribution in [0.2, 0.25) is 0 Å². The second kappa shape index (κ2) is 11.8. The molecule has 1 heterocycles. The first-order valence-corrected chi connectivity index (χ1v) is 9.31. The van der Waals surface area contributed by atoms with Gasteiger partial charge in [0, 0.05) is 39.3 Å². The average Bonchev–Trinajstić information content (AvgIpc) is 2.51. The van der Waals surface area contributed by atoms with Crippen molar-refractivity contribution in [2.45, 2.75) is 60.0 Å². The Morgan fingerprint density at radius 3 is 2.28 bits per heavy atom. The van der Waals surface area contributed by atoms with E-state index in [0.717, 1.165) is 51.5 Å². The van der Waals surface area contributed by atoms with Crippen molar-refractivity contribution in [3.05, 3.63) is 0 Å². The van der Waals surface area contributed by atoms with Crippen LogP contribution in [0.25, 0.3) is 0 Å². The van der Waals surface area contributed by atoms with E-state index in [1.807, 2.05) is 32.6 Å². The van der Waals surface area contributed by atoms with Gasteiger partial charge in [-0.15, -0.1) is 24.0 Å². The molecule has 0 spiro atoms. The molecule has 6 nitrogen and oxygen atoms in total.